The van der Waals surface area contributed by atoms with Crippen molar-refractivity contribution in [1.29, 1.82) is 0 Å². The van der Waals surface area contributed by atoms with Crippen LogP contribution in [0.4, 0.5) is 8.78 Å². The highest BCUT2D eigenvalue weighted by atomic mass is 35.5. The highest BCUT2D eigenvalue weighted by molar-refractivity contribution is 6.30. The molecule has 5 heteroatoms. The summed E-state index contributed by atoms with van der Waals surface area (Å²) in [5.41, 5.74) is 5.95. The molecule has 0 heterocycles. The molecule has 0 saturated carbocycles. The molecule has 0 aliphatic heterocycles. The summed E-state index contributed by atoms with van der Waals surface area (Å²) in [5, 5.41) is 10.8. The normalized spacial score (nSPS) is 14.1. The lowest BCUT2D eigenvalue weighted by atomic mass is 9.89. The molecular weight excluding hydrogens is 284 g/mol. The maximum atomic E-state index is 13.7. The first-order valence-corrected chi connectivity index (χ1v) is 6.50. The number of nitrogens with two attached hydrogens (primary N) is 1. The smallest absolute Gasteiger partial charge is 0.131 e. The minimum absolute atomic E-state index is 0.0522. The Morgan fingerprint density at radius 1 is 1.05 bits per heavy atom. The van der Waals surface area contributed by atoms with E-state index in [1.165, 1.54) is 6.07 Å². The molecule has 2 unspecified atom stereocenters. The van der Waals surface area contributed by atoms with Gasteiger partial charge in [-0.3, -0.25) is 0 Å². The van der Waals surface area contributed by atoms with E-state index < -0.39 is 23.7 Å². The van der Waals surface area contributed by atoms with E-state index in [1.54, 1.807) is 24.3 Å². The quantitative estimate of drug-likeness (QED) is 0.908. The van der Waals surface area contributed by atoms with E-state index in [-0.39, 0.29) is 12.1 Å². The molecule has 2 rings (SSSR count). The van der Waals surface area contributed by atoms with Crippen LogP contribution in [0.15, 0.2) is 42.5 Å². The van der Waals surface area contributed by atoms with E-state index in [2.05, 4.69) is 0 Å². The standard InChI is InChI=1S/C15H14ClF2NO/c16-10-6-4-9(5-7-10)11(8-19)15(20)14-12(17)2-1-3-13(14)18/h1-7,11,15,20H,8,19H2. The average Bonchev–Trinajstić information content (AvgIpc) is 2.41. The molecule has 106 valence electrons. The van der Waals surface area contributed by atoms with Crippen molar-refractivity contribution in [2.24, 2.45) is 5.73 Å². The van der Waals surface area contributed by atoms with Crippen molar-refractivity contribution in [2.75, 3.05) is 6.54 Å². The Labute approximate surface area is 120 Å². The molecule has 2 nitrogen and oxygen atoms in total. The van der Waals surface area contributed by atoms with Crippen molar-refractivity contribution in [3.8, 4) is 0 Å². The van der Waals surface area contributed by atoms with Crippen molar-refractivity contribution < 1.29 is 13.9 Å². The van der Waals surface area contributed by atoms with Gasteiger partial charge in [-0.15, -0.1) is 0 Å². The summed E-state index contributed by atoms with van der Waals surface area (Å²) in [6, 6.07) is 10.1. The zero-order chi connectivity index (χ0) is 14.7. The maximum absolute atomic E-state index is 13.7. The van der Waals surface area contributed by atoms with Gasteiger partial charge < -0.3 is 10.8 Å². The summed E-state index contributed by atoms with van der Waals surface area (Å²) in [7, 11) is 0. The first kappa shape index (κ1) is 14.9. The zero-order valence-electron chi connectivity index (χ0n) is 10.6. The van der Waals surface area contributed by atoms with Gasteiger partial charge in [-0.2, -0.15) is 0 Å². The van der Waals surface area contributed by atoms with E-state index in [0.29, 0.717) is 10.6 Å². The summed E-state index contributed by atoms with van der Waals surface area (Å²) in [4.78, 5) is 0. The van der Waals surface area contributed by atoms with Gasteiger partial charge in [0.15, 0.2) is 0 Å². The lowest BCUT2D eigenvalue weighted by Gasteiger charge is -2.23. The van der Waals surface area contributed by atoms with Crippen molar-refractivity contribution in [1.82, 2.24) is 0 Å². The Balaban J connectivity index is 2.39. The minimum atomic E-state index is -1.36. The van der Waals surface area contributed by atoms with Crippen LogP contribution in [0.25, 0.3) is 0 Å². The predicted molar refractivity (Wildman–Crippen MR) is 74.6 cm³/mol. The van der Waals surface area contributed by atoms with Gasteiger partial charge in [0.05, 0.1) is 11.7 Å². The van der Waals surface area contributed by atoms with Gasteiger partial charge in [0.2, 0.25) is 0 Å². The van der Waals surface area contributed by atoms with Gasteiger partial charge in [0, 0.05) is 17.5 Å². The fraction of sp³-hybridized carbons (Fsp3) is 0.200. The Bertz CT molecular complexity index is 569. The minimum Gasteiger partial charge on any atom is -0.388 e. The fourth-order valence-electron chi connectivity index (χ4n) is 2.15. The maximum Gasteiger partial charge on any atom is 0.131 e. The summed E-state index contributed by atoms with van der Waals surface area (Å²) in [6.45, 7) is 0.0522. The Kier molecular flexibility index (Phi) is 4.70. The summed E-state index contributed by atoms with van der Waals surface area (Å²) < 4.78 is 27.4. The van der Waals surface area contributed by atoms with Crippen LogP contribution in [0.2, 0.25) is 5.02 Å². The monoisotopic (exact) mass is 297 g/mol. The van der Waals surface area contributed by atoms with E-state index in [1.807, 2.05) is 0 Å². The van der Waals surface area contributed by atoms with Gasteiger partial charge in [-0.1, -0.05) is 29.8 Å². The summed E-state index contributed by atoms with van der Waals surface area (Å²) in [6.07, 6.45) is -1.36. The number of hydrogen-bond acceptors (Lipinski definition) is 2. The van der Waals surface area contributed by atoms with Crippen LogP contribution in [0.5, 0.6) is 0 Å². The number of rotatable bonds is 4. The molecule has 0 aliphatic carbocycles. The molecule has 20 heavy (non-hydrogen) atoms. The number of halogens is 3. The Hall–Kier alpha value is -1.49. The van der Waals surface area contributed by atoms with E-state index in [0.717, 1.165) is 12.1 Å². The number of aliphatic hydroxyl groups excluding tert-OH is 1. The second-order valence-corrected chi connectivity index (χ2v) is 4.91. The molecule has 2 aromatic rings. The van der Waals surface area contributed by atoms with Gasteiger partial charge in [-0.05, 0) is 29.8 Å². The molecule has 0 spiro atoms. The van der Waals surface area contributed by atoms with Crippen LogP contribution in [0.3, 0.4) is 0 Å². The van der Waals surface area contributed by atoms with E-state index in [9.17, 15) is 13.9 Å². The van der Waals surface area contributed by atoms with Gasteiger partial charge in [0.25, 0.3) is 0 Å². The molecule has 3 N–H and O–H groups in total. The van der Waals surface area contributed by atoms with Crippen molar-refractivity contribution in [2.45, 2.75) is 12.0 Å². The van der Waals surface area contributed by atoms with Gasteiger partial charge in [-0.25, -0.2) is 8.78 Å². The van der Waals surface area contributed by atoms with Crippen molar-refractivity contribution in [3.63, 3.8) is 0 Å². The molecular formula is C15H14ClF2NO. The van der Waals surface area contributed by atoms with Crippen LogP contribution in [0, 0.1) is 11.6 Å². The third-order valence-electron chi connectivity index (χ3n) is 3.23. The van der Waals surface area contributed by atoms with E-state index in [4.69, 9.17) is 17.3 Å². The summed E-state index contributed by atoms with van der Waals surface area (Å²) >= 11 is 5.79. The van der Waals surface area contributed by atoms with E-state index >= 15 is 0 Å². The zero-order valence-corrected chi connectivity index (χ0v) is 11.3. The predicted octanol–water partition coefficient (Wildman–Crippen LogP) is 3.39. The second-order valence-electron chi connectivity index (χ2n) is 4.47. The van der Waals surface area contributed by atoms with Crippen molar-refractivity contribution >= 4 is 11.6 Å². The third kappa shape index (κ3) is 2.98. The topological polar surface area (TPSA) is 46.2 Å². The highest BCUT2D eigenvalue weighted by Gasteiger charge is 2.26. The van der Waals surface area contributed by atoms with Crippen LogP contribution in [-0.4, -0.2) is 11.7 Å². The largest absolute Gasteiger partial charge is 0.388 e. The SMILES string of the molecule is NCC(c1ccc(Cl)cc1)C(O)c1c(F)cccc1F. The van der Waals surface area contributed by atoms with Crippen LogP contribution in [0.1, 0.15) is 23.1 Å². The highest BCUT2D eigenvalue weighted by Crippen LogP contribution is 2.33. The molecule has 0 amide bonds. The Morgan fingerprint density at radius 2 is 1.60 bits per heavy atom. The lowest BCUT2D eigenvalue weighted by Crippen LogP contribution is -2.21. The molecule has 0 aliphatic rings. The van der Waals surface area contributed by atoms with Crippen LogP contribution < -0.4 is 5.73 Å². The Morgan fingerprint density at radius 3 is 2.10 bits per heavy atom. The molecule has 0 saturated heterocycles. The van der Waals surface area contributed by atoms with Gasteiger partial charge in [0.1, 0.15) is 11.6 Å². The average molecular weight is 298 g/mol. The molecule has 2 atom stereocenters. The van der Waals surface area contributed by atoms with Crippen molar-refractivity contribution in [3.05, 3.63) is 70.2 Å². The molecule has 0 fully saturated rings. The van der Waals surface area contributed by atoms with Crippen LogP contribution >= 0.6 is 11.6 Å². The lowest BCUT2D eigenvalue weighted by molar-refractivity contribution is 0.138. The van der Waals surface area contributed by atoms with Crippen LogP contribution in [-0.2, 0) is 0 Å². The first-order chi connectivity index (χ1) is 9.54. The molecule has 0 radical (unpaired) electrons. The third-order valence-corrected chi connectivity index (χ3v) is 3.48. The fourth-order valence-corrected chi connectivity index (χ4v) is 2.28. The molecule has 0 aromatic heterocycles. The number of hydrogen-bond donors (Lipinski definition) is 2. The molecule has 2 aromatic carbocycles. The first-order valence-electron chi connectivity index (χ1n) is 6.12. The number of aliphatic hydroxyl groups is 1. The van der Waals surface area contributed by atoms with Gasteiger partial charge >= 0.3 is 0 Å². The molecule has 0 bridgehead atoms. The summed E-state index contributed by atoms with van der Waals surface area (Å²) in [5.74, 6) is -2.19. The second kappa shape index (κ2) is 6.31. The number of benzene rings is 2.